The fourth-order valence-electron chi connectivity index (χ4n) is 1.72. The zero-order chi connectivity index (χ0) is 10.7. The van der Waals surface area contributed by atoms with Gasteiger partial charge in [-0.25, -0.2) is 0 Å². The number of carbonyl (C=O) groups excluding carboxylic acids is 1. The fourth-order valence-corrected chi connectivity index (χ4v) is 1.72. The number of aliphatic hydroxyl groups is 1. The van der Waals surface area contributed by atoms with Crippen LogP contribution in [0.5, 0.6) is 0 Å². The van der Waals surface area contributed by atoms with Crippen LogP contribution >= 0.6 is 0 Å². The molecule has 14 heavy (non-hydrogen) atoms. The van der Waals surface area contributed by atoms with Gasteiger partial charge in [-0.15, -0.1) is 0 Å². The van der Waals surface area contributed by atoms with Gasteiger partial charge in [0.25, 0.3) is 0 Å². The molecule has 1 amide bonds. The molecule has 1 aliphatic carbocycles. The molecule has 3 heteroatoms. The second-order valence-electron chi connectivity index (χ2n) is 3.34. The van der Waals surface area contributed by atoms with Crippen molar-refractivity contribution >= 4 is 5.91 Å². The Balaban J connectivity index is 2.92. The maximum absolute atomic E-state index is 10.9. The molecule has 2 atom stereocenters. The zero-order valence-electron chi connectivity index (χ0n) is 8.29. The summed E-state index contributed by atoms with van der Waals surface area (Å²) in [5.74, 6) is -0.154. The molecule has 0 saturated heterocycles. The van der Waals surface area contributed by atoms with E-state index in [1.807, 2.05) is 0 Å². The highest BCUT2D eigenvalue weighted by Crippen LogP contribution is 2.28. The molecule has 0 saturated carbocycles. The maximum atomic E-state index is 10.9. The number of aliphatic hydroxyl groups excluding tert-OH is 1. The van der Waals surface area contributed by atoms with Gasteiger partial charge < -0.3 is 10.4 Å². The van der Waals surface area contributed by atoms with Crippen molar-refractivity contribution in [1.29, 1.82) is 0 Å². The van der Waals surface area contributed by atoms with Crippen LogP contribution in [0.2, 0.25) is 0 Å². The van der Waals surface area contributed by atoms with Gasteiger partial charge in [0, 0.05) is 13.3 Å². The van der Waals surface area contributed by atoms with Crippen molar-refractivity contribution < 1.29 is 9.90 Å². The summed E-state index contributed by atoms with van der Waals surface area (Å²) in [6.45, 7) is 8.75. The average molecular weight is 193 g/mol. The standard InChI is InChI=1S/C11H15NO2/c1-4-8-6-10(14)11(9(8)5-2)12-7(3)13/h4-5,10-11,14H,1-2,6H2,3H3,(H,12,13)/t10-,11-/m1/s1. The van der Waals surface area contributed by atoms with Gasteiger partial charge in [-0.3, -0.25) is 4.79 Å². The summed E-state index contributed by atoms with van der Waals surface area (Å²) in [5, 5.41) is 12.4. The second-order valence-corrected chi connectivity index (χ2v) is 3.34. The first kappa shape index (κ1) is 10.7. The van der Waals surface area contributed by atoms with Crippen molar-refractivity contribution in [3.63, 3.8) is 0 Å². The average Bonchev–Trinajstić information content (AvgIpc) is 2.42. The Morgan fingerprint density at radius 2 is 2.21 bits per heavy atom. The van der Waals surface area contributed by atoms with Gasteiger partial charge in [-0.2, -0.15) is 0 Å². The van der Waals surface area contributed by atoms with Crippen LogP contribution in [0.4, 0.5) is 0 Å². The molecular formula is C11H15NO2. The van der Waals surface area contributed by atoms with Crippen LogP contribution in [0, 0.1) is 0 Å². The Hall–Kier alpha value is -1.35. The molecule has 0 aromatic rings. The summed E-state index contributed by atoms with van der Waals surface area (Å²) in [6.07, 6.45) is 3.31. The van der Waals surface area contributed by atoms with Crippen LogP contribution in [0.1, 0.15) is 13.3 Å². The molecule has 0 spiro atoms. The van der Waals surface area contributed by atoms with E-state index >= 15 is 0 Å². The smallest absolute Gasteiger partial charge is 0.217 e. The summed E-state index contributed by atoms with van der Waals surface area (Å²) >= 11 is 0. The normalized spacial score (nSPS) is 26.1. The third-order valence-electron chi connectivity index (χ3n) is 2.34. The molecule has 0 bridgehead atoms. The van der Waals surface area contributed by atoms with Gasteiger partial charge in [-0.05, 0) is 11.1 Å². The number of carbonyl (C=O) groups is 1. The molecule has 2 N–H and O–H groups in total. The Bertz CT molecular complexity index is 304. The van der Waals surface area contributed by atoms with E-state index in [2.05, 4.69) is 18.5 Å². The Kier molecular flexibility index (Phi) is 3.25. The molecule has 0 aromatic carbocycles. The third-order valence-corrected chi connectivity index (χ3v) is 2.34. The molecule has 0 fully saturated rings. The summed E-state index contributed by atoms with van der Waals surface area (Å²) < 4.78 is 0. The lowest BCUT2D eigenvalue weighted by molar-refractivity contribution is -0.120. The van der Waals surface area contributed by atoms with Crippen LogP contribution in [0.25, 0.3) is 0 Å². The number of amides is 1. The number of nitrogens with one attached hydrogen (secondary N) is 1. The van der Waals surface area contributed by atoms with Gasteiger partial charge in [0.2, 0.25) is 5.91 Å². The SMILES string of the molecule is C=CC1=C(C=C)[C@@H](NC(C)=O)[C@H](O)C1. The quantitative estimate of drug-likeness (QED) is 0.700. The first-order valence-electron chi connectivity index (χ1n) is 4.53. The molecular weight excluding hydrogens is 178 g/mol. The molecule has 3 nitrogen and oxygen atoms in total. The van der Waals surface area contributed by atoms with Crippen molar-refractivity contribution in [3.8, 4) is 0 Å². The van der Waals surface area contributed by atoms with Crippen LogP contribution in [-0.4, -0.2) is 23.2 Å². The Morgan fingerprint density at radius 1 is 1.57 bits per heavy atom. The van der Waals surface area contributed by atoms with Gasteiger partial charge in [0.05, 0.1) is 12.1 Å². The first-order valence-corrected chi connectivity index (χ1v) is 4.53. The number of rotatable bonds is 3. The second kappa shape index (κ2) is 4.24. The minimum atomic E-state index is -0.570. The molecule has 1 aliphatic rings. The Morgan fingerprint density at radius 3 is 2.64 bits per heavy atom. The van der Waals surface area contributed by atoms with Crippen molar-refractivity contribution in [2.24, 2.45) is 0 Å². The number of hydrogen-bond donors (Lipinski definition) is 2. The van der Waals surface area contributed by atoms with E-state index in [9.17, 15) is 9.90 Å². The Labute approximate surface area is 83.8 Å². The van der Waals surface area contributed by atoms with E-state index in [0.717, 1.165) is 11.1 Å². The number of hydrogen-bond acceptors (Lipinski definition) is 2. The maximum Gasteiger partial charge on any atom is 0.217 e. The van der Waals surface area contributed by atoms with Crippen LogP contribution in [0.3, 0.4) is 0 Å². The molecule has 1 rings (SSSR count). The lowest BCUT2D eigenvalue weighted by atomic mass is 10.1. The fraction of sp³-hybridized carbons (Fsp3) is 0.364. The van der Waals surface area contributed by atoms with E-state index in [1.165, 1.54) is 6.92 Å². The van der Waals surface area contributed by atoms with E-state index in [-0.39, 0.29) is 11.9 Å². The van der Waals surface area contributed by atoms with E-state index in [1.54, 1.807) is 12.2 Å². The predicted molar refractivity (Wildman–Crippen MR) is 55.6 cm³/mol. The van der Waals surface area contributed by atoms with Crippen molar-refractivity contribution in [1.82, 2.24) is 5.32 Å². The lowest BCUT2D eigenvalue weighted by Gasteiger charge is -2.17. The van der Waals surface area contributed by atoms with Crippen molar-refractivity contribution in [3.05, 3.63) is 36.5 Å². The van der Waals surface area contributed by atoms with Crippen molar-refractivity contribution in [2.45, 2.75) is 25.5 Å². The monoisotopic (exact) mass is 193 g/mol. The predicted octanol–water partition coefficient (Wildman–Crippen LogP) is 0.924. The molecule has 0 aliphatic heterocycles. The molecule has 0 radical (unpaired) electrons. The molecule has 0 unspecified atom stereocenters. The van der Waals surface area contributed by atoms with Gasteiger partial charge in [0.1, 0.15) is 0 Å². The summed E-state index contributed by atoms with van der Waals surface area (Å²) in [7, 11) is 0. The zero-order valence-corrected chi connectivity index (χ0v) is 8.29. The highest BCUT2D eigenvalue weighted by Gasteiger charge is 2.31. The van der Waals surface area contributed by atoms with Gasteiger partial charge in [-0.1, -0.05) is 25.3 Å². The first-order chi connectivity index (χ1) is 6.60. The van der Waals surface area contributed by atoms with Crippen LogP contribution in [-0.2, 0) is 4.79 Å². The van der Waals surface area contributed by atoms with Crippen molar-refractivity contribution in [2.75, 3.05) is 0 Å². The topological polar surface area (TPSA) is 49.3 Å². The highest BCUT2D eigenvalue weighted by atomic mass is 16.3. The minimum absolute atomic E-state index is 0.154. The third kappa shape index (κ3) is 1.93. The van der Waals surface area contributed by atoms with E-state index in [0.29, 0.717) is 6.42 Å². The lowest BCUT2D eigenvalue weighted by Crippen LogP contribution is -2.40. The number of allylic oxidation sites excluding steroid dienone is 1. The molecule has 0 heterocycles. The summed E-state index contributed by atoms with van der Waals surface area (Å²) in [5.41, 5.74) is 1.81. The van der Waals surface area contributed by atoms with E-state index in [4.69, 9.17) is 0 Å². The highest BCUT2D eigenvalue weighted by molar-refractivity contribution is 5.74. The summed E-state index contributed by atoms with van der Waals surface area (Å²) in [6, 6.07) is -0.335. The minimum Gasteiger partial charge on any atom is -0.390 e. The molecule has 76 valence electrons. The van der Waals surface area contributed by atoms with Gasteiger partial charge in [0.15, 0.2) is 0 Å². The molecule has 0 aromatic heterocycles. The van der Waals surface area contributed by atoms with Gasteiger partial charge >= 0.3 is 0 Å². The van der Waals surface area contributed by atoms with Crippen LogP contribution < -0.4 is 5.32 Å². The van der Waals surface area contributed by atoms with Crippen LogP contribution in [0.15, 0.2) is 36.5 Å². The van der Waals surface area contributed by atoms with E-state index < -0.39 is 6.10 Å². The largest absolute Gasteiger partial charge is 0.390 e. The summed E-state index contributed by atoms with van der Waals surface area (Å²) in [4.78, 5) is 10.9.